The first kappa shape index (κ1) is 22.1. The Balaban J connectivity index is 1.61. The van der Waals surface area contributed by atoms with Crippen LogP contribution in [0.3, 0.4) is 0 Å². The van der Waals surface area contributed by atoms with Crippen molar-refractivity contribution in [3.63, 3.8) is 0 Å². The van der Waals surface area contributed by atoms with E-state index in [1.165, 1.54) is 6.07 Å². The van der Waals surface area contributed by atoms with Crippen LogP contribution < -0.4 is 5.43 Å². The molecule has 10 heteroatoms. The van der Waals surface area contributed by atoms with Crippen LogP contribution in [0.15, 0.2) is 87.0 Å². The third-order valence-electron chi connectivity index (χ3n) is 4.45. The first-order valence-corrected chi connectivity index (χ1v) is 13.1. The second-order valence-electron chi connectivity index (χ2n) is 6.85. The van der Waals surface area contributed by atoms with Crippen LogP contribution in [0.2, 0.25) is 0 Å². The van der Waals surface area contributed by atoms with Gasteiger partial charge in [-0.2, -0.15) is 23.7 Å². The molecular formula is C22H17IN4O4S. The number of halogens is 1. The van der Waals surface area contributed by atoms with Crippen molar-refractivity contribution in [2.24, 2.45) is 15.3 Å². The maximum Gasteiger partial charge on any atom is 0.295 e. The number of hydrogen-bond donors (Lipinski definition) is 2. The van der Waals surface area contributed by atoms with Crippen molar-refractivity contribution in [2.45, 2.75) is 11.8 Å². The fraction of sp³-hybridized carbons (Fsp3) is 0.0455. The number of hydrogen-bond acceptors (Lipinski definition) is 7. The van der Waals surface area contributed by atoms with E-state index in [4.69, 9.17) is 0 Å². The maximum atomic E-state index is 12.6. The lowest BCUT2D eigenvalue weighted by molar-refractivity contribution is -0.104. The van der Waals surface area contributed by atoms with Crippen LogP contribution >= 0.6 is 20.7 Å². The number of anilines is 1. The van der Waals surface area contributed by atoms with Gasteiger partial charge in [0.25, 0.3) is 10.1 Å². The minimum Gasteiger partial charge on any atom is -0.282 e. The summed E-state index contributed by atoms with van der Waals surface area (Å²) in [5, 5.41) is 12.5. The molecule has 0 atom stereocenters. The van der Waals surface area contributed by atoms with Crippen LogP contribution in [0, 0.1) is 6.92 Å². The Morgan fingerprint density at radius 3 is 2.25 bits per heavy atom. The van der Waals surface area contributed by atoms with Gasteiger partial charge in [-0.05, 0) is 85.3 Å². The second-order valence-corrected chi connectivity index (χ2v) is 10.5. The summed E-state index contributed by atoms with van der Waals surface area (Å²) in [4.78, 5) is 12.2. The zero-order valence-corrected chi connectivity index (χ0v) is 19.7. The molecule has 32 heavy (non-hydrogen) atoms. The van der Waals surface area contributed by atoms with Crippen molar-refractivity contribution in [2.75, 3.05) is 5.43 Å². The van der Waals surface area contributed by atoms with Crippen molar-refractivity contribution >= 4 is 61.4 Å². The van der Waals surface area contributed by atoms with E-state index in [2.05, 4.69) is 20.8 Å². The lowest BCUT2D eigenvalue weighted by Gasteiger charge is -2.16. The zero-order chi connectivity index (χ0) is 22.7. The Labute approximate surface area is 194 Å². The summed E-state index contributed by atoms with van der Waals surface area (Å²) in [5.74, 6) is 0. The highest BCUT2D eigenvalue weighted by Crippen LogP contribution is 2.29. The van der Waals surface area contributed by atoms with Gasteiger partial charge in [-0.15, -0.1) is 0 Å². The van der Waals surface area contributed by atoms with Crippen LogP contribution in [0.25, 0.3) is 0 Å². The van der Waals surface area contributed by atoms with Crippen molar-refractivity contribution in [1.82, 2.24) is 0 Å². The second kappa shape index (κ2) is 9.18. The lowest BCUT2D eigenvalue weighted by Crippen LogP contribution is -2.21. The molecule has 1 heterocycles. The summed E-state index contributed by atoms with van der Waals surface area (Å²) in [6, 6.07) is 19.4. The molecule has 0 saturated carbocycles. The quantitative estimate of drug-likeness (QED) is 0.147. The monoisotopic (exact) mass is 560 g/mol. The van der Waals surface area contributed by atoms with E-state index in [0.29, 0.717) is 22.5 Å². The van der Waals surface area contributed by atoms with Gasteiger partial charge in [-0.25, -0.2) is 0 Å². The predicted octanol–water partition coefficient (Wildman–Crippen LogP) is 5.13. The number of aryl methyl sites for hydroxylation is 1. The van der Waals surface area contributed by atoms with Gasteiger partial charge >= 0.3 is 0 Å². The number of azo groups is 1. The third kappa shape index (κ3) is 5.03. The fourth-order valence-corrected chi connectivity index (χ4v) is 5.62. The summed E-state index contributed by atoms with van der Waals surface area (Å²) in [7, 11) is -4.53. The number of rotatable bonds is 5. The molecule has 0 spiro atoms. The lowest BCUT2D eigenvalue weighted by atomic mass is 10.0. The number of hydrazone groups is 1. The van der Waals surface area contributed by atoms with Crippen molar-refractivity contribution < 1.29 is 17.8 Å². The molecule has 0 aromatic heterocycles. The number of nitrogens with zero attached hydrogens (tertiary/aromatic N) is 3. The average molecular weight is 560 g/mol. The van der Waals surface area contributed by atoms with Crippen LogP contribution in [0.5, 0.6) is 0 Å². The van der Waals surface area contributed by atoms with E-state index in [1.54, 1.807) is 41.3 Å². The molecule has 1 aliphatic rings. The number of fused-ring (bicyclic) bond motifs is 1. The molecule has 0 unspecified atom stereocenters. The molecule has 0 bridgehead atoms. The summed E-state index contributed by atoms with van der Waals surface area (Å²) in [5.41, 5.74) is 6.12. The maximum absolute atomic E-state index is 12.6. The zero-order valence-electron chi connectivity index (χ0n) is 16.7. The fourth-order valence-electron chi connectivity index (χ4n) is 3.01. The molecule has 1 aliphatic heterocycles. The Hall–Kier alpha value is -3.09. The van der Waals surface area contributed by atoms with Gasteiger partial charge in [-0.1, -0.05) is 24.3 Å². The number of nitrogens with one attached hydrogen (secondary N) is 1. The molecule has 162 valence electrons. The van der Waals surface area contributed by atoms with Gasteiger partial charge in [0, 0.05) is 5.56 Å². The van der Waals surface area contributed by atoms with Gasteiger partial charge in [0.05, 0.1) is 17.1 Å². The van der Waals surface area contributed by atoms with Crippen molar-refractivity contribution in [3.8, 4) is 0 Å². The average Bonchev–Trinajstić information content (AvgIpc) is 2.77. The molecule has 0 saturated heterocycles. The third-order valence-corrected chi connectivity index (χ3v) is 7.39. The molecule has 3 aromatic carbocycles. The molecule has 2 N–H and O–H groups in total. The smallest absolute Gasteiger partial charge is 0.282 e. The van der Waals surface area contributed by atoms with Crippen LogP contribution in [0.4, 0.5) is 17.1 Å². The summed E-state index contributed by atoms with van der Waals surface area (Å²) in [6.45, 7) is 1.73. The Morgan fingerprint density at radius 1 is 0.938 bits per heavy atom. The Morgan fingerprint density at radius 2 is 1.59 bits per heavy atom. The van der Waals surface area contributed by atoms with Gasteiger partial charge in [-0.3, -0.25) is 14.8 Å². The summed E-state index contributed by atoms with van der Waals surface area (Å²) < 4.78 is 35.0. The molecule has 0 amide bonds. The van der Waals surface area contributed by atoms with Gasteiger partial charge in [0.1, 0.15) is 10.6 Å². The van der Waals surface area contributed by atoms with E-state index in [9.17, 15) is 17.8 Å². The van der Waals surface area contributed by atoms with E-state index >= 15 is 0 Å². The van der Waals surface area contributed by atoms with Crippen LogP contribution in [-0.4, -0.2) is 26.5 Å². The normalized spacial score (nSPS) is 14.9. The molecule has 8 nitrogen and oxygen atoms in total. The van der Waals surface area contributed by atoms with E-state index in [0.717, 1.165) is 5.69 Å². The Kier molecular flexibility index (Phi) is 6.35. The van der Waals surface area contributed by atoms with E-state index in [-0.39, 0.29) is 20.0 Å². The topological polar surface area (TPSA) is 121 Å². The van der Waals surface area contributed by atoms with Crippen LogP contribution in [0.1, 0.15) is 16.7 Å². The number of carbonyl (C=O) groups is 1. The number of carbonyl (C=O) groups excluding carboxylic acids is 1. The summed E-state index contributed by atoms with van der Waals surface area (Å²) in [6.07, 6.45) is 0. The molecule has 0 aliphatic carbocycles. The molecular weight excluding hydrogens is 543 g/mol. The highest BCUT2D eigenvalue weighted by atomic mass is 127. The Bertz CT molecular complexity index is 1380. The van der Waals surface area contributed by atoms with E-state index in [1.807, 2.05) is 30.3 Å². The SMILES string of the molecule is Cc1cc2c(c(S(=O)(=O)O)c1)C(=NNc1ccc(N=Nc3ccccc3)cc1)C(=O)I=C2. The van der Waals surface area contributed by atoms with Crippen LogP contribution in [-0.2, 0) is 14.9 Å². The van der Waals surface area contributed by atoms with Crippen molar-refractivity contribution in [1.29, 1.82) is 0 Å². The first-order valence-electron chi connectivity index (χ1n) is 9.35. The molecule has 3 aromatic rings. The largest absolute Gasteiger partial charge is 0.295 e. The first-order chi connectivity index (χ1) is 15.3. The minimum atomic E-state index is -4.53. The molecule has 4 rings (SSSR count). The summed E-state index contributed by atoms with van der Waals surface area (Å²) >= 11 is -0.994. The van der Waals surface area contributed by atoms with Crippen molar-refractivity contribution in [3.05, 3.63) is 83.4 Å². The van der Waals surface area contributed by atoms with Gasteiger partial charge in [0.15, 0.2) is 0 Å². The van der Waals surface area contributed by atoms with Gasteiger partial charge < -0.3 is 0 Å². The highest BCUT2D eigenvalue weighted by Gasteiger charge is 2.28. The van der Waals surface area contributed by atoms with E-state index < -0.39 is 30.8 Å². The standard InChI is InChI=1S/C22H17IN4O4S/c1-14-11-15-13-23-22(28)21(20(15)19(12-14)32(29,30)31)27-26-18-9-7-17(8-10-18)25-24-16-5-3-2-4-6-16/h2-13,26H,1H3,(H,29,30,31). The van der Waals surface area contributed by atoms with Gasteiger partial charge in [0.2, 0.25) is 3.79 Å². The predicted molar refractivity (Wildman–Crippen MR) is 132 cm³/mol. The number of benzene rings is 3. The molecule has 0 fully saturated rings. The highest BCUT2D eigenvalue weighted by molar-refractivity contribution is 14.2. The minimum absolute atomic E-state index is 0.00392. The molecule has 0 radical (unpaired) electrons.